The smallest absolute Gasteiger partial charge is 0.0269 e. The van der Waals surface area contributed by atoms with E-state index in [1.54, 1.807) is 6.42 Å². The van der Waals surface area contributed by atoms with E-state index in [-0.39, 0.29) is 0 Å². The van der Waals surface area contributed by atoms with E-state index < -0.39 is 0 Å². The predicted molar refractivity (Wildman–Crippen MR) is 87.4 cm³/mol. The molecular weight excluding hydrogens is 228 g/mol. The fraction of sp³-hybridized carbons (Fsp3) is 1.00. The van der Waals surface area contributed by atoms with Gasteiger partial charge in [-0.1, -0.05) is 73.1 Å². The molecule has 0 heterocycles. The highest BCUT2D eigenvalue weighted by atomic mass is 14.6. The zero-order valence-electron chi connectivity index (χ0n) is 14.3. The first-order valence-electron chi connectivity index (χ1n) is 9.04. The third kappa shape index (κ3) is 5.88. The van der Waals surface area contributed by atoms with Gasteiger partial charge in [0.15, 0.2) is 0 Å². The van der Waals surface area contributed by atoms with Crippen molar-refractivity contribution >= 4 is 0 Å². The van der Waals surface area contributed by atoms with Gasteiger partial charge in [-0.15, -0.1) is 0 Å². The van der Waals surface area contributed by atoms with Crippen LogP contribution in [0.5, 0.6) is 0 Å². The molecule has 3 atom stereocenters. The SMILES string of the molecule is CCCCCCCC1(CC)CC1CC(C)CC(C)C. The van der Waals surface area contributed by atoms with Gasteiger partial charge in [0.05, 0.1) is 0 Å². The summed E-state index contributed by atoms with van der Waals surface area (Å²) in [5.41, 5.74) is 0.775. The molecule has 0 aromatic heterocycles. The maximum Gasteiger partial charge on any atom is -0.0269 e. The van der Waals surface area contributed by atoms with Gasteiger partial charge in [-0.2, -0.15) is 0 Å². The monoisotopic (exact) mass is 266 g/mol. The minimum absolute atomic E-state index is 0.775. The van der Waals surface area contributed by atoms with E-state index in [0.717, 1.165) is 23.2 Å². The summed E-state index contributed by atoms with van der Waals surface area (Å²) in [6.45, 7) is 11.9. The predicted octanol–water partition coefficient (Wildman–Crippen LogP) is 6.84. The fourth-order valence-electron chi connectivity index (χ4n) is 4.15. The Kier molecular flexibility index (Phi) is 7.47. The number of hydrogen-bond donors (Lipinski definition) is 0. The highest BCUT2D eigenvalue weighted by Gasteiger charge is 2.51. The first-order chi connectivity index (χ1) is 9.04. The third-order valence-electron chi connectivity index (χ3n) is 5.40. The lowest BCUT2D eigenvalue weighted by Crippen LogP contribution is -2.07. The van der Waals surface area contributed by atoms with Crippen LogP contribution in [0.3, 0.4) is 0 Å². The lowest BCUT2D eigenvalue weighted by atomic mass is 9.87. The van der Waals surface area contributed by atoms with Gasteiger partial charge in [-0.3, -0.25) is 0 Å². The second kappa shape index (κ2) is 8.32. The largest absolute Gasteiger partial charge is 0.0654 e. The van der Waals surface area contributed by atoms with Gasteiger partial charge in [0, 0.05) is 0 Å². The van der Waals surface area contributed by atoms with Gasteiger partial charge in [0.1, 0.15) is 0 Å². The first-order valence-corrected chi connectivity index (χ1v) is 9.04. The normalized spacial score (nSPS) is 27.8. The van der Waals surface area contributed by atoms with Crippen molar-refractivity contribution in [1.29, 1.82) is 0 Å². The average molecular weight is 267 g/mol. The topological polar surface area (TPSA) is 0 Å². The molecule has 19 heavy (non-hydrogen) atoms. The Labute approximate surface area is 122 Å². The van der Waals surface area contributed by atoms with E-state index in [2.05, 4.69) is 34.6 Å². The van der Waals surface area contributed by atoms with Crippen molar-refractivity contribution in [2.24, 2.45) is 23.2 Å². The van der Waals surface area contributed by atoms with Crippen LogP contribution in [0.1, 0.15) is 98.8 Å². The standard InChI is InChI=1S/C19H38/c1-6-8-9-10-11-12-19(7-2)15-18(19)14-17(5)13-16(3)4/h16-18H,6-15H2,1-5H3. The van der Waals surface area contributed by atoms with Crippen LogP contribution in [-0.2, 0) is 0 Å². The van der Waals surface area contributed by atoms with Crippen molar-refractivity contribution in [3.8, 4) is 0 Å². The Balaban J connectivity index is 2.20. The minimum Gasteiger partial charge on any atom is -0.0654 e. The van der Waals surface area contributed by atoms with Gasteiger partial charge in [0.25, 0.3) is 0 Å². The van der Waals surface area contributed by atoms with Crippen molar-refractivity contribution in [3.05, 3.63) is 0 Å². The molecule has 0 aliphatic heterocycles. The summed E-state index contributed by atoms with van der Waals surface area (Å²) in [6.07, 6.45) is 14.7. The van der Waals surface area contributed by atoms with E-state index in [9.17, 15) is 0 Å². The summed E-state index contributed by atoms with van der Waals surface area (Å²) < 4.78 is 0. The van der Waals surface area contributed by atoms with E-state index in [4.69, 9.17) is 0 Å². The molecule has 3 unspecified atom stereocenters. The molecule has 0 saturated heterocycles. The molecule has 0 heteroatoms. The molecule has 0 spiro atoms. The van der Waals surface area contributed by atoms with Gasteiger partial charge >= 0.3 is 0 Å². The zero-order valence-corrected chi connectivity index (χ0v) is 14.3. The molecule has 0 bridgehead atoms. The molecule has 0 aromatic carbocycles. The number of rotatable bonds is 11. The van der Waals surface area contributed by atoms with Crippen LogP contribution < -0.4 is 0 Å². The van der Waals surface area contributed by atoms with E-state index in [1.807, 2.05) is 0 Å². The van der Waals surface area contributed by atoms with Crippen molar-refractivity contribution < 1.29 is 0 Å². The van der Waals surface area contributed by atoms with E-state index in [0.29, 0.717) is 0 Å². The molecule has 0 nitrogen and oxygen atoms in total. The molecule has 114 valence electrons. The molecule has 0 aromatic rings. The molecule has 0 N–H and O–H groups in total. The Morgan fingerprint density at radius 2 is 1.68 bits per heavy atom. The molecule has 1 rings (SSSR count). The lowest BCUT2D eigenvalue weighted by Gasteiger charge is -2.18. The Morgan fingerprint density at radius 3 is 2.26 bits per heavy atom. The summed E-state index contributed by atoms with van der Waals surface area (Å²) in [4.78, 5) is 0. The second-order valence-corrected chi connectivity index (χ2v) is 7.75. The molecule has 1 aliphatic rings. The molecule has 1 aliphatic carbocycles. The summed E-state index contributed by atoms with van der Waals surface area (Å²) in [5.74, 6) is 2.88. The summed E-state index contributed by atoms with van der Waals surface area (Å²) >= 11 is 0. The van der Waals surface area contributed by atoms with Crippen LogP contribution in [0, 0.1) is 23.2 Å². The molecule has 1 fully saturated rings. The van der Waals surface area contributed by atoms with Gasteiger partial charge in [-0.25, -0.2) is 0 Å². The maximum atomic E-state index is 2.47. The molecule has 0 radical (unpaired) electrons. The zero-order chi connectivity index (χ0) is 14.3. The van der Waals surface area contributed by atoms with Crippen LogP contribution in [0.15, 0.2) is 0 Å². The van der Waals surface area contributed by atoms with Crippen molar-refractivity contribution in [3.63, 3.8) is 0 Å². The van der Waals surface area contributed by atoms with Gasteiger partial charge in [-0.05, 0) is 48.9 Å². The number of unbranched alkanes of at least 4 members (excludes halogenated alkanes) is 4. The lowest BCUT2D eigenvalue weighted by molar-refractivity contribution is 0.326. The maximum absolute atomic E-state index is 2.47. The summed E-state index contributed by atoms with van der Waals surface area (Å²) in [5, 5.41) is 0. The Hall–Kier alpha value is 0. The quantitative estimate of drug-likeness (QED) is 0.359. The second-order valence-electron chi connectivity index (χ2n) is 7.75. The molecular formula is C19H38. The van der Waals surface area contributed by atoms with Crippen LogP contribution in [0.2, 0.25) is 0 Å². The van der Waals surface area contributed by atoms with Crippen LogP contribution in [-0.4, -0.2) is 0 Å². The van der Waals surface area contributed by atoms with Crippen LogP contribution in [0.25, 0.3) is 0 Å². The summed E-state index contributed by atoms with van der Waals surface area (Å²) in [7, 11) is 0. The Morgan fingerprint density at radius 1 is 1.00 bits per heavy atom. The molecule has 0 amide bonds. The van der Waals surface area contributed by atoms with Gasteiger partial charge < -0.3 is 0 Å². The molecule has 1 saturated carbocycles. The average Bonchev–Trinajstić information content (AvgIpc) is 3.01. The summed E-state index contributed by atoms with van der Waals surface area (Å²) in [6, 6.07) is 0. The van der Waals surface area contributed by atoms with E-state index >= 15 is 0 Å². The van der Waals surface area contributed by atoms with Crippen molar-refractivity contribution in [1.82, 2.24) is 0 Å². The third-order valence-corrected chi connectivity index (χ3v) is 5.40. The van der Waals surface area contributed by atoms with Crippen molar-refractivity contribution in [2.75, 3.05) is 0 Å². The van der Waals surface area contributed by atoms with E-state index in [1.165, 1.54) is 57.8 Å². The van der Waals surface area contributed by atoms with Gasteiger partial charge in [0.2, 0.25) is 0 Å². The highest BCUT2D eigenvalue weighted by molar-refractivity contribution is 5.01. The minimum atomic E-state index is 0.775. The van der Waals surface area contributed by atoms with Crippen molar-refractivity contribution in [2.45, 2.75) is 98.8 Å². The highest BCUT2D eigenvalue weighted by Crippen LogP contribution is 2.61. The Bertz CT molecular complexity index is 230. The first kappa shape index (κ1) is 17.1. The van der Waals surface area contributed by atoms with Crippen LogP contribution in [0.4, 0.5) is 0 Å². The van der Waals surface area contributed by atoms with Crippen LogP contribution >= 0.6 is 0 Å². The number of hydrogen-bond acceptors (Lipinski definition) is 0. The fourth-order valence-corrected chi connectivity index (χ4v) is 4.15.